The molecule has 2 amide bonds. The van der Waals surface area contributed by atoms with Crippen LogP contribution < -0.4 is 10.0 Å². The SMILES string of the molecule is CC(C)C[C@H](NS(=O)(=O)c1ccc(F)cc1)C(=O)N1CCC[C@H]1C(=O)NCc1cc(Cl)ccc1-n1cncn1. The van der Waals surface area contributed by atoms with Gasteiger partial charge in [-0.05, 0) is 73.2 Å². The molecule has 4 rings (SSSR count). The fourth-order valence-electron chi connectivity index (χ4n) is 4.60. The number of rotatable bonds is 10. The first-order valence-electron chi connectivity index (χ1n) is 12.5. The lowest BCUT2D eigenvalue weighted by atomic mass is 10.0. The molecular formula is C26H30ClFN6O4S. The summed E-state index contributed by atoms with van der Waals surface area (Å²) in [6.45, 7) is 4.21. The van der Waals surface area contributed by atoms with E-state index < -0.39 is 33.8 Å². The lowest BCUT2D eigenvalue weighted by Crippen LogP contribution is -2.53. The molecule has 1 aromatic heterocycles. The van der Waals surface area contributed by atoms with E-state index in [0.717, 1.165) is 24.3 Å². The van der Waals surface area contributed by atoms with Gasteiger partial charge in [0.25, 0.3) is 0 Å². The lowest BCUT2D eigenvalue weighted by Gasteiger charge is -2.29. The van der Waals surface area contributed by atoms with Crippen molar-refractivity contribution in [1.82, 2.24) is 29.7 Å². The van der Waals surface area contributed by atoms with Gasteiger partial charge in [-0.3, -0.25) is 9.59 Å². The van der Waals surface area contributed by atoms with Crippen molar-refractivity contribution in [1.29, 1.82) is 0 Å². The van der Waals surface area contributed by atoms with Crippen LogP contribution in [0, 0.1) is 11.7 Å². The summed E-state index contributed by atoms with van der Waals surface area (Å²) >= 11 is 6.18. The molecule has 0 saturated carbocycles. The van der Waals surface area contributed by atoms with Crippen LogP contribution >= 0.6 is 11.6 Å². The molecule has 2 atom stereocenters. The molecule has 0 aliphatic carbocycles. The summed E-state index contributed by atoms with van der Waals surface area (Å²) < 4.78 is 43.3. The van der Waals surface area contributed by atoms with Crippen molar-refractivity contribution in [2.75, 3.05) is 6.54 Å². The van der Waals surface area contributed by atoms with Crippen molar-refractivity contribution in [3.63, 3.8) is 0 Å². The summed E-state index contributed by atoms with van der Waals surface area (Å²) in [5.41, 5.74) is 1.41. The molecule has 1 aliphatic heterocycles. The van der Waals surface area contributed by atoms with Crippen LogP contribution in [0.25, 0.3) is 5.69 Å². The zero-order valence-electron chi connectivity index (χ0n) is 21.5. The van der Waals surface area contributed by atoms with E-state index in [-0.39, 0.29) is 29.7 Å². The molecule has 39 heavy (non-hydrogen) atoms. The van der Waals surface area contributed by atoms with Gasteiger partial charge in [-0.25, -0.2) is 22.5 Å². The fourth-order valence-corrected chi connectivity index (χ4v) is 5.99. The molecule has 0 bridgehead atoms. The van der Waals surface area contributed by atoms with Gasteiger partial charge in [-0.1, -0.05) is 25.4 Å². The molecule has 2 heterocycles. The summed E-state index contributed by atoms with van der Waals surface area (Å²) in [4.78, 5) is 32.1. The highest BCUT2D eigenvalue weighted by Gasteiger charge is 2.38. The Labute approximate surface area is 231 Å². The molecule has 1 fully saturated rings. The van der Waals surface area contributed by atoms with Crippen molar-refractivity contribution < 1.29 is 22.4 Å². The molecule has 2 aromatic carbocycles. The second kappa shape index (κ2) is 12.2. The molecule has 13 heteroatoms. The number of likely N-dealkylation sites (tertiary alicyclic amines) is 1. The number of benzene rings is 2. The van der Waals surface area contributed by atoms with Crippen LogP contribution in [0.3, 0.4) is 0 Å². The maximum atomic E-state index is 13.6. The Balaban J connectivity index is 1.48. The van der Waals surface area contributed by atoms with Gasteiger partial charge in [0.15, 0.2) is 0 Å². The third-order valence-electron chi connectivity index (χ3n) is 6.43. The van der Waals surface area contributed by atoms with Crippen molar-refractivity contribution in [2.24, 2.45) is 5.92 Å². The van der Waals surface area contributed by atoms with Gasteiger partial charge in [-0.15, -0.1) is 0 Å². The number of halogens is 2. The summed E-state index contributed by atoms with van der Waals surface area (Å²) in [5, 5.41) is 7.52. The van der Waals surface area contributed by atoms with Crippen LogP contribution in [0.15, 0.2) is 60.0 Å². The van der Waals surface area contributed by atoms with E-state index in [1.807, 2.05) is 13.8 Å². The van der Waals surface area contributed by atoms with Gasteiger partial charge in [0.05, 0.1) is 10.6 Å². The van der Waals surface area contributed by atoms with E-state index >= 15 is 0 Å². The van der Waals surface area contributed by atoms with Crippen LogP contribution in [0.2, 0.25) is 5.02 Å². The van der Waals surface area contributed by atoms with Crippen molar-refractivity contribution in [3.05, 3.63) is 71.5 Å². The number of hydrogen-bond donors (Lipinski definition) is 2. The Morgan fingerprint density at radius 3 is 2.59 bits per heavy atom. The smallest absolute Gasteiger partial charge is 0.243 e. The molecular weight excluding hydrogens is 547 g/mol. The lowest BCUT2D eigenvalue weighted by molar-refractivity contribution is -0.140. The van der Waals surface area contributed by atoms with Crippen LogP contribution in [-0.2, 0) is 26.2 Å². The average Bonchev–Trinajstić information content (AvgIpc) is 3.59. The summed E-state index contributed by atoms with van der Waals surface area (Å²) in [6, 6.07) is 7.74. The van der Waals surface area contributed by atoms with Crippen molar-refractivity contribution in [2.45, 2.75) is 56.6 Å². The predicted molar refractivity (Wildman–Crippen MR) is 143 cm³/mol. The van der Waals surface area contributed by atoms with Gasteiger partial charge in [-0.2, -0.15) is 9.82 Å². The molecule has 1 saturated heterocycles. The maximum absolute atomic E-state index is 13.6. The van der Waals surface area contributed by atoms with Crippen molar-refractivity contribution in [3.8, 4) is 5.69 Å². The first-order chi connectivity index (χ1) is 18.5. The molecule has 0 unspecified atom stereocenters. The molecule has 208 valence electrons. The highest BCUT2D eigenvalue weighted by atomic mass is 35.5. The second-order valence-corrected chi connectivity index (χ2v) is 11.9. The van der Waals surface area contributed by atoms with E-state index in [4.69, 9.17) is 11.6 Å². The summed E-state index contributed by atoms with van der Waals surface area (Å²) in [5.74, 6) is -1.41. The highest BCUT2D eigenvalue weighted by Crippen LogP contribution is 2.23. The molecule has 0 radical (unpaired) electrons. The minimum absolute atomic E-state index is 0.0113. The number of nitrogens with zero attached hydrogens (tertiary/aromatic N) is 4. The quantitative estimate of drug-likeness (QED) is 0.382. The Morgan fingerprint density at radius 1 is 1.18 bits per heavy atom. The zero-order valence-corrected chi connectivity index (χ0v) is 23.1. The second-order valence-electron chi connectivity index (χ2n) is 9.78. The minimum atomic E-state index is -4.10. The molecule has 1 aliphatic rings. The van der Waals surface area contributed by atoms with Gasteiger partial charge >= 0.3 is 0 Å². The van der Waals surface area contributed by atoms with Gasteiger partial charge < -0.3 is 10.2 Å². The van der Waals surface area contributed by atoms with Crippen LogP contribution in [0.5, 0.6) is 0 Å². The first kappa shape index (κ1) is 28.7. The number of hydrogen-bond acceptors (Lipinski definition) is 6. The average molecular weight is 577 g/mol. The Bertz CT molecular complexity index is 1420. The van der Waals surface area contributed by atoms with Crippen LogP contribution in [-0.4, -0.2) is 58.5 Å². The van der Waals surface area contributed by atoms with E-state index in [2.05, 4.69) is 20.1 Å². The highest BCUT2D eigenvalue weighted by molar-refractivity contribution is 7.89. The summed E-state index contributed by atoms with van der Waals surface area (Å²) in [7, 11) is -4.10. The Morgan fingerprint density at radius 2 is 1.92 bits per heavy atom. The van der Waals surface area contributed by atoms with E-state index in [0.29, 0.717) is 35.7 Å². The monoisotopic (exact) mass is 576 g/mol. The number of amides is 2. The molecule has 3 aromatic rings. The van der Waals surface area contributed by atoms with E-state index in [9.17, 15) is 22.4 Å². The van der Waals surface area contributed by atoms with Gasteiger partial charge in [0, 0.05) is 18.1 Å². The van der Waals surface area contributed by atoms with E-state index in [1.54, 1.807) is 22.9 Å². The molecule has 2 N–H and O–H groups in total. The van der Waals surface area contributed by atoms with Crippen molar-refractivity contribution >= 4 is 33.4 Å². The molecule has 10 nitrogen and oxygen atoms in total. The topological polar surface area (TPSA) is 126 Å². The number of nitrogens with one attached hydrogen (secondary N) is 2. The predicted octanol–water partition coefficient (Wildman–Crippen LogP) is 3.06. The van der Waals surface area contributed by atoms with Crippen LogP contribution in [0.4, 0.5) is 4.39 Å². The maximum Gasteiger partial charge on any atom is 0.243 e. The minimum Gasteiger partial charge on any atom is -0.350 e. The third kappa shape index (κ3) is 7.00. The molecule has 0 spiro atoms. The van der Waals surface area contributed by atoms with Gasteiger partial charge in [0.2, 0.25) is 21.8 Å². The Hall–Kier alpha value is -3.35. The third-order valence-corrected chi connectivity index (χ3v) is 8.15. The first-order valence-corrected chi connectivity index (χ1v) is 14.4. The Kier molecular flexibility index (Phi) is 8.98. The normalized spacial score (nSPS) is 16.4. The number of carbonyl (C=O) groups is 2. The summed E-state index contributed by atoms with van der Waals surface area (Å²) in [6.07, 6.45) is 4.21. The number of aromatic nitrogens is 3. The van der Waals surface area contributed by atoms with Crippen LogP contribution in [0.1, 0.15) is 38.7 Å². The zero-order chi connectivity index (χ0) is 28.2. The number of sulfonamides is 1. The van der Waals surface area contributed by atoms with E-state index in [1.165, 1.54) is 17.6 Å². The van der Waals surface area contributed by atoms with Gasteiger partial charge in [0.1, 0.15) is 30.6 Å². The fraction of sp³-hybridized carbons (Fsp3) is 0.385. The standard InChI is InChI=1S/C26H30ClFN6O4S/c1-17(2)12-22(32-39(37,38)21-8-6-20(28)7-9-21)26(36)33-11-3-4-24(33)25(35)30-14-18-13-19(27)5-10-23(18)34-16-29-15-31-34/h5-10,13,15-17,22,24,32H,3-4,11-12,14H2,1-2H3,(H,30,35)/t22-,24-/m0/s1. The number of carbonyl (C=O) groups excluding carboxylic acids is 2. The largest absolute Gasteiger partial charge is 0.350 e.